The summed E-state index contributed by atoms with van der Waals surface area (Å²) in [6, 6.07) is 7.27. The third-order valence-electron chi connectivity index (χ3n) is 4.54. The normalized spacial score (nSPS) is 17.7. The van der Waals surface area contributed by atoms with Gasteiger partial charge in [0.25, 0.3) is 0 Å². The van der Waals surface area contributed by atoms with Gasteiger partial charge in [-0.3, -0.25) is 0 Å². The Kier molecular flexibility index (Phi) is 4.55. The van der Waals surface area contributed by atoms with Gasteiger partial charge in [0.1, 0.15) is 5.82 Å². The average Bonchev–Trinajstić information content (AvgIpc) is 3.09. The lowest BCUT2D eigenvalue weighted by Crippen LogP contribution is -2.38. The molecule has 1 aliphatic heterocycles. The fourth-order valence-electron chi connectivity index (χ4n) is 3.04. The van der Waals surface area contributed by atoms with Crippen molar-refractivity contribution >= 4 is 10.0 Å². The Labute approximate surface area is 137 Å². The number of aromatic amines is 1. The zero-order valence-corrected chi connectivity index (χ0v) is 14.4. The van der Waals surface area contributed by atoms with Gasteiger partial charge in [-0.15, -0.1) is 0 Å². The van der Waals surface area contributed by atoms with Gasteiger partial charge in [-0.05, 0) is 36.5 Å². The van der Waals surface area contributed by atoms with Crippen molar-refractivity contribution in [2.75, 3.05) is 13.1 Å². The molecule has 1 fully saturated rings. The molecule has 1 aromatic heterocycles. The predicted octanol–water partition coefficient (Wildman–Crippen LogP) is 3.10. The Balaban J connectivity index is 1.71. The minimum absolute atomic E-state index is 0.319. The number of piperidine rings is 1. The molecule has 0 atom stereocenters. The topological polar surface area (TPSA) is 66.1 Å². The van der Waals surface area contributed by atoms with Crippen LogP contribution in [0, 0.1) is 0 Å². The Morgan fingerprint density at radius 1 is 1.17 bits per heavy atom. The second-order valence-electron chi connectivity index (χ2n) is 6.38. The van der Waals surface area contributed by atoms with E-state index < -0.39 is 10.0 Å². The smallest absolute Gasteiger partial charge is 0.243 e. The van der Waals surface area contributed by atoms with Crippen molar-refractivity contribution in [2.24, 2.45) is 0 Å². The quantitative estimate of drug-likeness (QED) is 0.935. The molecule has 2 heterocycles. The average molecular weight is 333 g/mol. The maximum absolute atomic E-state index is 12.8. The third-order valence-corrected chi connectivity index (χ3v) is 6.46. The van der Waals surface area contributed by atoms with E-state index in [-0.39, 0.29) is 0 Å². The summed E-state index contributed by atoms with van der Waals surface area (Å²) in [6.45, 7) is 5.28. The van der Waals surface area contributed by atoms with Gasteiger partial charge in [0.15, 0.2) is 0 Å². The molecule has 0 spiro atoms. The first kappa shape index (κ1) is 16.2. The summed E-state index contributed by atoms with van der Waals surface area (Å²) in [5.41, 5.74) is 1.15. The molecule has 5 nitrogen and oxygen atoms in total. The van der Waals surface area contributed by atoms with Crippen molar-refractivity contribution < 1.29 is 8.42 Å². The van der Waals surface area contributed by atoms with Gasteiger partial charge in [0, 0.05) is 31.4 Å². The Morgan fingerprint density at radius 3 is 2.35 bits per heavy atom. The molecule has 1 aromatic carbocycles. The second-order valence-corrected chi connectivity index (χ2v) is 8.31. The summed E-state index contributed by atoms with van der Waals surface area (Å²) in [6.07, 6.45) is 5.16. The lowest BCUT2D eigenvalue weighted by Gasteiger charge is -2.30. The first-order valence-electron chi connectivity index (χ1n) is 8.08. The van der Waals surface area contributed by atoms with Gasteiger partial charge in [-0.2, -0.15) is 4.31 Å². The van der Waals surface area contributed by atoms with E-state index in [2.05, 4.69) is 23.8 Å². The van der Waals surface area contributed by atoms with E-state index in [0.29, 0.717) is 29.8 Å². The molecule has 6 heteroatoms. The first-order chi connectivity index (χ1) is 11.0. The summed E-state index contributed by atoms with van der Waals surface area (Å²) >= 11 is 0. The van der Waals surface area contributed by atoms with Crippen molar-refractivity contribution in [3.8, 4) is 0 Å². The lowest BCUT2D eigenvalue weighted by atomic mass is 9.98. The molecule has 124 valence electrons. The van der Waals surface area contributed by atoms with E-state index in [9.17, 15) is 8.42 Å². The minimum atomic E-state index is -3.39. The number of rotatable bonds is 4. The molecule has 0 unspecified atom stereocenters. The van der Waals surface area contributed by atoms with Crippen LogP contribution in [0.5, 0.6) is 0 Å². The van der Waals surface area contributed by atoms with Crippen molar-refractivity contribution in [2.45, 2.75) is 43.4 Å². The predicted molar refractivity (Wildman–Crippen MR) is 89.9 cm³/mol. The Morgan fingerprint density at radius 2 is 1.83 bits per heavy atom. The standard InChI is InChI=1S/C17H23N3O2S/c1-13(2)14-3-5-16(6-4-14)23(21,22)20-11-7-15(8-12-20)17-18-9-10-19-17/h3-6,9-10,13,15H,7-8,11-12H2,1-2H3,(H,18,19). The zero-order valence-electron chi connectivity index (χ0n) is 13.6. The van der Waals surface area contributed by atoms with Gasteiger partial charge in [-0.25, -0.2) is 13.4 Å². The maximum atomic E-state index is 12.8. The van der Waals surface area contributed by atoms with E-state index in [1.165, 1.54) is 0 Å². The molecule has 0 amide bonds. The molecule has 0 radical (unpaired) electrons. The van der Waals surface area contributed by atoms with Crippen LogP contribution in [0.4, 0.5) is 0 Å². The first-order valence-corrected chi connectivity index (χ1v) is 9.52. The summed E-state index contributed by atoms with van der Waals surface area (Å²) in [5.74, 6) is 1.68. The summed E-state index contributed by atoms with van der Waals surface area (Å²) in [5, 5.41) is 0. The van der Waals surface area contributed by atoms with Crippen LogP contribution in [-0.2, 0) is 10.0 Å². The number of H-pyrrole nitrogens is 1. The number of aromatic nitrogens is 2. The highest BCUT2D eigenvalue weighted by molar-refractivity contribution is 7.89. The van der Waals surface area contributed by atoms with Gasteiger partial charge >= 0.3 is 0 Å². The van der Waals surface area contributed by atoms with Crippen LogP contribution < -0.4 is 0 Å². The highest BCUT2D eigenvalue weighted by Gasteiger charge is 2.30. The molecule has 2 aromatic rings. The van der Waals surface area contributed by atoms with E-state index >= 15 is 0 Å². The molecule has 23 heavy (non-hydrogen) atoms. The van der Waals surface area contributed by atoms with E-state index in [0.717, 1.165) is 24.2 Å². The minimum Gasteiger partial charge on any atom is -0.348 e. The maximum Gasteiger partial charge on any atom is 0.243 e. The molecule has 3 rings (SSSR count). The third kappa shape index (κ3) is 3.33. The van der Waals surface area contributed by atoms with Crippen molar-refractivity contribution in [3.63, 3.8) is 0 Å². The number of nitrogens with zero attached hydrogens (tertiary/aromatic N) is 2. The summed E-state index contributed by atoms with van der Waals surface area (Å²) in [4.78, 5) is 7.81. The van der Waals surface area contributed by atoms with Gasteiger partial charge < -0.3 is 4.98 Å². The van der Waals surface area contributed by atoms with Gasteiger partial charge in [0.2, 0.25) is 10.0 Å². The molecule has 0 aliphatic carbocycles. The molecule has 1 aliphatic rings. The van der Waals surface area contributed by atoms with Crippen LogP contribution >= 0.6 is 0 Å². The molecule has 0 bridgehead atoms. The fourth-order valence-corrected chi connectivity index (χ4v) is 4.51. The van der Waals surface area contributed by atoms with Crippen LogP contribution in [0.15, 0.2) is 41.6 Å². The monoisotopic (exact) mass is 333 g/mol. The van der Waals surface area contributed by atoms with Crippen LogP contribution in [-0.4, -0.2) is 35.8 Å². The highest BCUT2D eigenvalue weighted by atomic mass is 32.2. The van der Waals surface area contributed by atoms with Crippen LogP contribution in [0.1, 0.15) is 49.9 Å². The van der Waals surface area contributed by atoms with E-state index in [1.54, 1.807) is 22.6 Å². The van der Waals surface area contributed by atoms with E-state index in [1.807, 2.05) is 18.3 Å². The molecular weight excluding hydrogens is 310 g/mol. The number of sulfonamides is 1. The number of hydrogen-bond donors (Lipinski definition) is 1. The Bertz CT molecular complexity index is 729. The molecule has 0 saturated carbocycles. The van der Waals surface area contributed by atoms with E-state index in [4.69, 9.17) is 0 Å². The van der Waals surface area contributed by atoms with Crippen molar-refractivity contribution in [3.05, 3.63) is 48.0 Å². The lowest BCUT2D eigenvalue weighted by molar-refractivity contribution is 0.314. The molecular formula is C17H23N3O2S. The van der Waals surface area contributed by atoms with Gasteiger partial charge in [0.05, 0.1) is 4.90 Å². The van der Waals surface area contributed by atoms with Crippen molar-refractivity contribution in [1.29, 1.82) is 0 Å². The number of benzene rings is 1. The number of hydrogen-bond acceptors (Lipinski definition) is 3. The molecule has 1 saturated heterocycles. The zero-order chi connectivity index (χ0) is 16.4. The van der Waals surface area contributed by atoms with Crippen LogP contribution in [0.2, 0.25) is 0 Å². The summed E-state index contributed by atoms with van der Waals surface area (Å²) < 4.78 is 27.1. The van der Waals surface area contributed by atoms with Crippen LogP contribution in [0.25, 0.3) is 0 Å². The highest BCUT2D eigenvalue weighted by Crippen LogP contribution is 2.29. The molecule has 1 N–H and O–H groups in total. The second kappa shape index (κ2) is 6.45. The van der Waals surface area contributed by atoms with Crippen molar-refractivity contribution in [1.82, 2.24) is 14.3 Å². The SMILES string of the molecule is CC(C)c1ccc(S(=O)(=O)N2CCC(c3ncc[nH]3)CC2)cc1. The largest absolute Gasteiger partial charge is 0.348 e. The van der Waals surface area contributed by atoms with Gasteiger partial charge in [-0.1, -0.05) is 26.0 Å². The fraction of sp³-hybridized carbons (Fsp3) is 0.471. The summed E-state index contributed by atoms with van der Waals surface area (Å²) in [7, 11) is -3.39. The number of nitrogens with one attached hydrogen (secondary N) is 1. The Hall–Kier alpha value is -1.66. The number of imidazole rings is 1. The van der Waals surface area contributed by atoms with Crippen LogP contribution in [0.3, 0.4) is 0 Å².